The summed E-state index contributed by atoms with van der Waals surface area (Å²) in [5.41, 5.74) is 0.496. The number of hydrogen-bond acceptors (Lipinski definition) is 3. The first-order valence-corrected chi connectivity index (χ1v) is 8.76. The fraction of sp³-hybridized carbons (Fsp3) is 0.417. The molecule has 0 aromatic heterocycles. The Morgan fingerprint density at radius 2 is 2.16 bits per heavy atom. The van der Waals surface area contributed by atoms with E-state index in [1.165, 1.54) is 0 Å². The van der Waals surface area contributed by atoms with Gasteiger partial charge >= 0.3 is 0 Å². The zero-order valence-electron chi connectivity index (χ0n) is 10.3. The van der Waals surface area contributed by atoms with Gasteiger partial charge in [-0.15, -0.1) is 0 Å². The lowest BCUT2D eigenvalue weighted by Crippen LogP contribution is -2.49. The van der Waals surface area contributed by atoms with E-state index in [4.69, 9.17) is 11.6 Å². The third-order valence-corrected chi connectivity index (χ3v) is 5.78. The molecule has 1 aromatic rings. The van der Waals surface area contributed by atoms with Crippen LogP contribution in [0.2, 0.25) is 5.02 Å². The quantitative estimate of drug-likeness (QED) is 0.767. The van der Waals surface area contributed by atoms with E-state index in [9.17, 15) is 13.2 Å². The highest BCUT2D eigenvalue weighted by molar-refractivity contribution is 9.10. The number of rotatable bonds is 1. The van der Waals surface area contributed by atoms with Crippen LogP contribution in [0.3, 0.4) is 0 Å². The van der Waals surface area contributed by atoms with Gasteiger partial charge in [0.05, 0.1) is 17.1 Å². The van der Waals surface area contributed by atoms with Gasteiger partial charge < -0.3 is 4.90 Å². The summed E-state index contributed by atoms with van der Waals surface area (Å²) in [6.45, 7) is 1.98. The van der Waals surface area contributed by atoms with Crippen LogP contribution in [0, 0.1) is 0 Å². The van der Waals surface area contributed by atoms with E-state index in [1.54, 1.807) is 30.0 Å². The molecule has 7 heteroatoms. The molecule has 1 saturated heterocycles. The lowest BCUT2D eigenvalue weighted by molar-refractivity contribution is 0.0711. The molecule has 4 nitrogen and oxygen atoms in total. The van der Waals surface area contributed by atoms with E-state index in [1.807, 2.05) is 0 Å². The van der Waals surface area contributed by atoms with Crippen molar-refractivity contribution in [3.05, 3.63) is 33.3 Å². The molecule has 1 aliphatic heterocycles. The standard InChI is InChI=1S/C12H13BrClNO3S/c1-8-7-19(17,18)5-4-15(8)12(16)10-3-2-9(14)6-11(10)13/h2-3,6,8H,4-5,7H2,1H3. The Balaban J connectivity index is 2.25. The maximum absolute atomic E-state index is 12.4. The van der Waals surface area contributed by atoms with Crippen molar-refractivity contribution in [1.82, 2.24) is 4.90 Å². The molecular formula is C12H13BrClNO3S. The number of carbonyl (C=O) groups excluding carboxylic acids is 1. The maximum Gasteiger partial charge on any atom is 0.255 e. The SMILES string of the molecule is CC1CS(=O)(=O)CCN1C(=O)c1ccc(Cl)cc1Br. The molecule has 0 aliphatic carbocycles. The number of amides is 1. The number of nitrogens with zero attached hydrogens (tertiary/aromatic N) is 1. The first-order chi connectivity index (χ1) is 8.80. The second-order valence-electron chi connectivity index (χ2n) is 4.59. The van der Waals surface area contributed by atoms with Crippen LogP contribution in [0.5, 0.6) is 0 Å². The number of carbonyl (C=O) groups is 1. The van der Waals surface area contributed by atoms with Crippen LogP contribution in [0.1, 0.15) is 17.3 Å². The van der Waals surface area contributed by atoms with Crippen molar-refractivity contribution >= 4 is 43.3 Å². The summed E-state index contributed by atoms with van der Waals surface area (Å²) in [7, 11) is -3.02. The van der Waals surface area contributed by atoms with Gasteiger partial charge in [-0.25, -0.2) is 8.42 Å². The van der Waals surface area contributed by atoms with E-state index < -0.39 is 9.84 Å². The monoisotopic (exact) mass is 365 g/mol. The smallest absolute Gasteiger partial charge is 0.255 e. The second-order valence-corrected chi connectivity index (χ2v) is 8.11. The number of sulfone groups is 1. The van der Waals surface area contributed by atoms with Gasteiger partial charge in [0.15, 0.2) is 9.84 Å². The average Bonchev–Trinajstić information content (AvgIpc) is 2.26. The van der Waals surface area contributed by atoms with Gasteiger partial charge in [-0.1, -0.05) is 11.6 Å². The van der Waals surface area contributed by atoms with Crippen molar-refractivity contribution in [2.24, 2.45) is 0 Å². The summed E-state index contributed by atoms with van der Waals surface area (Å²) in [6, 6.07) is 4.63. The van der Waals surface area contributed by atoms with Crippen LogP contribution < -0.4 is 0 Å². The molecule has 0 spiro atoms. The van der Waals surface area contributed by atoms with Crippen molar-refractivity contribution in [3.8, 4) is 0 Å². The van der Waals surface area contributed by atoms with Crippen LogP contribution in [0.4, 0.5) is 0 Å². The van der Waals surface area contributed by atoms with E-state index in [-0.39, 0.29) is 30.0 Å². The normalized spacial score (nSPS) is 22.3. The fourth-order valence-electron chi connectivity index (χ4n) is 2.12. The van der Waals surface area contributed by atoms with E-state index in [0.29, 0.717) is 15.1 Å². The maximum atomic E-state index is 12.4. The highest BCUT2D eigenvalue weighted by Crippen LogP contribution is 2.24. The Labute approximate surface area is 125 Å². The van der Waals surface area contributed by atoms with Gasteiger partial charge in [-0.3, -0.25) is 4.79 Å². The Morgan fingerprint density at radius 1 is 1.47 bits per heavy atom. The lowest BCUT2D eigenvalue weighted by atomic mass is 10.1. The molecule has 1 unspecified atom stereocenters. The first kappa shape index (κ1) is 14.8. The van der Waals surface area contributed by atoms with Crippen LogP contribution in [-0.2, 0) is 9.84 Å². The summed E-state index contributed by atoms with van der Waals surface area (Å²) >= 11 is 9.15. The minimum atomic E-state index is -3.02. The van der Waals surface area contributed by atoms with Crippen molar-refractivity contribution in [2.75, 3.05) is 18.1 Å². The van der Waals surface area contributed by atoms with Crippen molar-refractivity contribution < 1.29 is 13.2 Å². The lowest BCUT2D eigenvalue weighted by Gasteiger charge is -2.33. The Hall–Kier alpha value is -0.590. The molecule has 104 valence electrons. The number of hydrogen-bond donors (Lipinski definition) is 0. The molecule has 1 aliphatic rings. The predicted octanol–water partition coefficient (Wildman–Crippen LogP) is 2.36. The number of benzene rings is 1. The van der Waals surface area contributed by atoms with Gasteiger partial charge in [0.1, 0.15) is 0 Å². The molecule has 1 fully saturated rings. The fourth-order valence-corrected chi connectivity index (χ4v) is 4.53. The molecule has 0 radical (unpaired) electrons. The zero-order valence-corrected chi connectivity index (χ0v) is 13.4. The Kier molecular flexibility index (Phi) is 4.23. The highest BCUT2D eigenvalue weighted by atomic mass is 79.9. The molecule has 2 rings (SSSR count). The summed E-state index contributed by atoms with van der Waals surface area (Å²) in [4.78, 5) is 14.0. The molecular weight excluding hydrogens is 354 g/mol. The molecule has 1 heterocycles. The summed E-state index contributed by atoms with van der Waals surface area (Å²) in [6.07, 6.45) is 0. The van der Waals surface area contributed by atoms with E-state index in [0.717, 1.165) is 0 Å². The van der Waals surface area contributed by atoms with Crippen LogP contribution in [-0.4, -0.2) is 43.3 Å². The van der Waals surface area contributed by atoms with Crippen molar-refractivity contribution in [3.63, 3.8) is 0 Å². The highest BCUT2D eigenvalue weighted by Gasteiger charge is 2.32. The van der Waals surface area contributed by atoms with Gasteiger partial charge in [0.2, 0.25) is 0 Å². The molecule has 19 heavy (non-hydrogen) atoms. The van der Waals surface area contributed by atoms with E-state index >= 15 is 0 Å². The third-order valence-electron chi connectivity index (χ3n) is 3.09. The molecule has 0 bridgehead atoms. The molecule has 0 saturated carbocycles. The average molecular weight is 367 g/mol. The summed E-state index contributed by atoms with van der Waals surface area (Å²) < 4.78 is 23.6. The molecule has 1 aromatic carbocycles. The van der Waals surface area contributed by atoms with Crippen LogP contribution >= 0.6 is 27.5 Å². The Bertz CT molecular complexity index is 617. The predicted molar refractivity (Wildman–Crippen MR) is 78.3 cm³/mol. The molecule has 0 N–H and O–H groups in total. The zero-order chi connectivity index (χ0) is 14.2. The number of halogens is 2. The third kappa shape index (κ3) is 3.30. The first-order valence-electron chi connectivity index (χ1n) is 5.76. The minimum Gasteiger partial charge on any atom is -0.334 e. The molecule has 1 atom stereocenters. The van der Waals surface area contributed by atoms with Crippen LogP contribution in [0.25, 0.3) is 0 Å². The van der Waals surface area contributed by atoms with E-state index in [2.05, 4.69) is 15.9 Å². The summed E-state index contributed by atoms with van der Waals surface area (Å²) in [5, 5.41) is 0.540. The van der Waals surface area contributed by atoms with Gasteiger partial charge in [0.25, 0.3) is 5.91 Å². The topological polar surface area (TPSA) is 54.5 Å². The van der Waals surface area contributed by atoms with Crippen molar-refractivity contribution in [1.29, 1.82) is 0 Å². The second kappa shape index (κ2) is 5.42. The van der Waals surface area contributed by atoms with Crippen molar-refractivity contribution in [2.45, 2.75) is 13.0 Å². The summed E-state index contributed by atoms with van der Waals surface area (Å²) in [5.74, 6) is -0.135. The van der Waals surface area contributed by atoms with Gasteiger partial charge in [-0.2, -0.15) is 0 Å². The minimum absolute atomic E-state index is 0.0178. The largest absolute Gasteiger partial charge is 0.334 e. The van der Waals surface area contributed by atoms with Gasteiger partial charge in [-0.05, 0) is 41.1 Å². The Morgan fingerprint density at radius 3 is 2.74 bits per heavy atom. The van der Waals surface area contributed by atoms with Crippen LogP contribution in [0.15, 0.2) is 22.7 Å². The van der Waals surface area contributed by atoms with Gasteiger partial charge in [0, 0.05) is 22.1 Å². The molecule has 1 amide bonds.